The Kier molecular flexibility index (Phi) is 3.10. The van der Waals surface area contributed by atoms with E-state index in [2.05, 4.69) is 9.97 Å². The van der Waals surface area contributed by atoms with Crippen molar-refractivity contribution >= 4 is 0 Å². The van der Waals surface area contributed by atoms with Gasteiger partial charge in [-0.05, 0) is 36.4 Å². The lowest BCUT2D eigenvalue weighted by Crippen LogP contribution is -2.10. The smallest absolute Gasteiger partial charge is 0.166 e. The van der Waals surface area contributed by atoms with Crippen LogP contribution in [-0.4, -0.2) is 9.97 Å². The normalized spacial score (nSPS) is 11.2. The van der Waals surface area contributed by atoms with Gasteiger partial charge in [0.1, 0.15) is 5.82 Å². The van der Waals surface area contributed by atoms with Gasteiger partial charge in [-0.1, -0.05) is 0 Å². The molecular formula is C15H11F3N2. The highest BCUT2D eigenvalue weighted by Gasteiger charge is 2.27. The fourth-order valence-corrected chi connectivity index (χ4v) is 2.33. The van der Waals surface area contributed by atoms with Gasteiger partial charge in [0.2, 0.25) is 0 Å². The fraction of sp³-hybridized carbons (Fsp3) is 0.0667. The molecule has 0 unspecified atom stereocenters. The van der Waals surface area contributed by atoms with Crippen LogP contribution in [0.25, 0.3) is 0 Å². The molecule has 5 heteroatoms. The zero-order valence-corrected chi connectivity index (χ0v) is 10.3. The van der Waals surface area contributed by atoms with Crippen molar-refractivity contribution in [2.75, 3.05) is 0 Å². The number of hydrogen-bond acceptors (Lipinski definition) is 0. The zero-order valence-electron chi connectivity index (χ0n) is 10.3. The molecule has 102 valence electrons. The molecular weight excluding hydrogens is 265 g/mol. The summed E-state index contributed by atoms with van der Waals surface area (Å²) in [5.74, 6) is -3.77. The third kappa shape index (κ3) is 2.01. The summed E-state index contributed by atoms with van der Waals surface area (Å²) in [5.41, 5.74) is 0.849. The summed E-state index contributed by atoms with van der Waals surface area (Å²) in [4.78, 5) is 5.84. The van der Waals surface area contributed by atoms with Gasteiger partial charge in [0.25, 0.3) is 0 Å². The summed E-state index contributed by atoms with van der Waals surface area (Å²) in [5, 5.41) is 0. The van der Waals surface area contributed by atoms with Gasteiger partial charge >= 0.3 is 0 Å². The molecule has 1 aromatic carbocycles. The van der Waals surface area contributed by atoms with Crippen LogP contribution in [0.15, 0.2) is 48.8 Å². The molecule has 2 aromatic heterocycles. The van der Waals surface area contributed by atoms with E-state index in [1.807, 2.05) is 0 Å². The van der Waals surface area contributed by atoms with Crippen LogP contribution in [0.2, 0.25) is 0 Å². The van der Waals surface area contributed by atoms with E-state index in [9.17, 15) is 13.2 Å². The molecule has 2 nitrogen and oxygen atoms in total. The molecule has 0 aliphatic carbocycles. The van der Waals surface area contributed by atoms with Crippen LogP contribution in [0.1, 0.15) is 22.9 Å². The summed E-state index contributed by atoms with van der Waals surface area (Å²) in [6.07, 6.45) is 3.31. The van der Waals surface area contributed by atoms with E-state index < -0.39 is 23.4 Å². The molecule has 0 saturated heterocycles. The van der Waals surface area contributed by atoms with Crippen LogP contribution in [0.4, 0.5) is 13.2 Å². The summed E-state index contributed by atoms with van der Waals surface area (Å²) < 4.78 is 41.5. The molecule has 2 heterocycles. The van der Waals surface area contributed by atoms with Crippen LogP contribution in [-0.2, 0) is 0 Å². The molecule has 0 aliphatic rings. The Hall–Kier alpha value is -2.43. The maximum absolute atomic E-state index is 14.1. The van der Waals surface area contributed by atoms with E-state index in [0.717, 1.165) is 12.1 Å². The van der Waals surface area contributed by atoms with Crippen LogP contribution < -0.4 is 0 Å². The highest BCUT2D eigenvalue weighted by atomic mass is 19.2. The molecule has 0 aliphatic heterocycles. The topological polar surface area (TPSA) is 31.6 Å². The van der Waals surface area contributed by atoms with Crippen molar-refractivity contribution in [2.24, 2.45) is 0 Å². The molecule has 3 rings (SSSR count). The van der Waals surface area contributed by atoms with Gasteiger partial charge in [-0.3, -0.25) is 0 Å². The van der Waals surface area contributed by atoms with Gasteiger partial charge < -0.3 is 9.97 Å². The van der Waals surface area contributed by atoms with E-state index in [0.29, 0.717) is 11.4 Å². The summed E-state index contributed by atoms with van der Waals surface area (Å²) >= 11 is 0. The van der Waals surface area contributed by atoms with Gasteiger partial charge in [-0.25, -0.2) is 13.2 Å². The van der Waals surface area contributed by atoms with Crippen molar-refractivity contribution in [2.45, 2.75) is 5.92 Å². The van der Waals surface area contributed by atoms with Crippen molar-refractivity contribution in [1.82, 2.24) is 9.97 Å². The molecule has 0 amide bonds. The number of nitrogens with one attached hydrogen (secondary N) is 2. The molecule has 3 aromatic rings. The average molecular weight is 276 g/mol. The van der Waals surface area contributed by atoms with Crippen molar-refractivity contribution in [1.29, 1.82) is 0 Å². The second kappa shape index (κ2) is 4.92. The first-order chi connectivity index (χ1) is 9.68. The Morgan fingerprint density at radius 2 is 1.30 bits per heavy atom. The minimum absolute atomic E-state index is 0.310. The van der Waals surface area contributed by atoms with E-state index in [1.165, 1.54) is 0 Å². The summed E-state index contributed by atoms with van der Waals surface area (Å²) in [7, 11) is 0. The molecule has 0 fully saturated rings. The van der Waals surface area contributed by atoms with Gasteiger partial charge in [0.15, 0.2) is 11.6 Å². The predicted octanol–water partition coefficient (Wildman–Crippen LogP) is 3.94. The fourth-order valence-electron chi connectivity index (χ4n) is 2.33. The Morgan fingerprint density at radius 3 is 1.80 bits per heavy atom. The minimum Gasteiger partial charge on any atom is -0.364 e. The second-order valence-electron chi connectivity index (χ2n) is 4.44. The number of benzene rings is 1. The van der Waals surface area contributed by atoms with Crippen molar-refractivity contribution in [3.05, 3.63) is 83.2 Å². The predicted molar refractivity (Wildman–Crippen MR) is 68.8 cm³/mol. The van der Waals surface area contributed by atoms with Crippen molar-refractivity contribution in [3.8, 4) is 0 Å². The molecule has 2 N–H and O–H groups in total. The molecule has 0 radical (unpaired) electrons. The Bertz CT molecular complexity index is 669. The SMILES string of the molecule is Fc1ccc(F)c(C(c2ccc[nH]2)c2ccc[nH]2)c1F. The van der Waals surface area contributed by atoms with Crippen LogP contribution in [0, 0.1) is 17.5 Å². The summed E-state index contributed by atoms with van der Waals surface area (Å²) in [6.45, 7) is 0. The van der Waals surface area contributed by atoms with Gasteiger partial charge in [0.05, 0.1) is 5.92 Å². The number of aromatic amines is 2. The van der Waals surface area contributed by atoms with Crippen molar-refractivity contribution < 1.29 is 13.2 Å². The van der Waals surface area contributed by atoms with Gasteiger partial charge in [-0.15, -0.1) is 0 Å². The molecule has 0 saturated carbocycles. The monoisotopic (exact) mass is 276 g/mol. The number of H-pyrrole nitrogens is 2. The third-order valence-electron chi connectivity index (χ3n) is 3.23. The lowest BCUT2D eigenvalue weighted by atomic mass is 9.91. The number of rotatable bonds is 3. The van der Waals surface area contributed by atoms with Crippen LogP contribution >= 0.6 is 0 Å². The van der Waals surface area contributed by atoms with E-state index in [-0.39, 0.29) is 5.56 Å². The quantitative estimate of drug-likeness (QED) is 0.679. The second-order valence-corrected chi connectivity index (χ2v) is 4.44. The minimum atomic E-state index is -1.17. The van der Waals surface area contributed by atoms with E-state index in [4.69, 9.17) is 0 Å². The highest BCUT2D eigenvalue weighted by Crippen LogP contribution is 2.34. The average Bonchev–Trinajstić information content (AvgIpc) is 3.12. The number of halogens is 3. The van der Waals surface area contributed by atoms with Crippen LogP contribution in [0.5, 0.6) is 0 Å². The first-order valence-electron chi connectivity index (χ1n) is 6.08. The van der Waals surface area contributed by atoms with E-state index in [1.54, 1.807) is 36.7 Å². The zero-order chi connectivity index (χ0) is 14.1. The Balaban J connectivity index is 2.24. The van der Waals surface area contributed by atoms with Gasteiger partial charge in [-0.2, -0.15) is 0 Å². The first kappa shape index (κ1) is 12.6. The maximum atomic E-state index is 14.1. The largest absolute Gasteiger partial charge is 0.364 e. The Labute approximate surface area is 113 Å². The maximum Gasteiger partial charge on any atom is 0.166 e. The Morgan fingerprint density at radius 1 is 0.750 bits per heavy atom. The standard InChI is InChI=1S/C15H11F3N2/c16-9-5-6-10(17)15(18)13(9)14(11-3-1-7-19-11)12-4-2-8-20-12/h1-8,14,19-20H. The number of hydrogen-bond donors (Lipinski definition) is 2. The lowest BCUT2D eigenvalue weighted by molar-refractivity contribution is 0.476. The summed E-state index contributed by atoms with van der Waals surface area (Å²) in [6, 6.07) is 8.58. The third-order valence-corrected chi connectivity index (χ3v) is 3.23. The lowest BCUT2D eigenvalue weighted by Gasteiger charge is -2.17. The molecule has 20 heavy (non-hydrogen) atoms. The van der Waals surface area contributed by atoms with Gasteiger partial charge in [0, 0.05) is 29.3 Å². The molecule has 0 bridgehead atoms. The highest BCUT2D eigenvalue weighted by molar-refractivity contribution is 5.39. The molecule has 0 atom stereocenters. The van der Waals surface area contributed by atoms with Crippen LogP contribution in [0.3, 0.4) is 0 Å². The van der Waals surface area contributed by atoms with Crippen molar-refractivity contribution in [3.63, 3.8) is 0 Å². The number of aromatic nitrogens is 2. The molecule has 0 spiro atoms. The first-order valence-corrected chi connectivity index (χ1v) is 6.08. The van der Waals surface area contributed by atoms with E-state index >= 15 is 0 Å².